The highest BCUT2D eigenvalue weighted by molar-refractivity contribution is 5.86. The van der Waals surface area contributed by atoms with E-state index in [1.54, 1.807) is 4.90 Å². The first-order valence-corrected chi connectivity index (χ1v) is 8.39. The molecule has 1 aliphatic carbocycles. The zero-order valence-electron chi connectivity index (χ0n) is 14.1. The van der Waals surface area contributed by atoms with Crippen LogP contribution >= 0.6 is 0 Å². The number of ether oxygens (including phenoxy) is 1. The van der Waals surface area contributed by atoms with Gasteiger partial charge in [-0.2, -0.15) is 5.26 Å². The van der Waals surface area contributed by atoms with Crippen molar-refractivity contribution in [2.45, 2.75) is 58.0 Å². The van der Waals surface area contributed by atoms with E-state index in [4.69, 9.17) is 10.00 Å². The van der Waals surface area contributed by atoms with Crippen LogP contribution in [0.5, 0.6) is 0 Å². The second kappa shape index (κ2) is 5.20. The fourth-order valence-electron chi connectivity index (χ4n) is 4.47. The summed E-state index contributed by atoms with van der Waals surface area (Å²) in [7, 11) is 0. The summed E-state index contributed by atoms with van der Waals surface area (Å²) in [4.78, 5) is 26.6. The zero-order valence-corrected chi connectivity index (χ0v) is 14.1. The molecule has 3 fully saturated rings. The molecule has 0 radical (unpaired) electrons. The van der Waals surface area contributed by atoms with Crippen LogP contribution in [0.25, 0.3) is 0 Å². The number of esters is 1. The van der Waals surface area contributed by atoms with Crippen molar-refractivity contribution in [3.8, 4) is 6.07 Å². The Labute approximate surface area is 137 Å². The Balaban J connectivity index is 1.75. The van der Waals surface area contributed by atoms with Crippen molar-refractivity contribution in [3.05, 3.63) is 0 Å². The number of cyclic esters (lactones) is 1. The first kappa shape index (κ1) is 16.3. The van der Waals surface area contributed by atoms with Gasteiger partial charge in [0.1, 0.15) is 11.6 Å². The van der Waals surface area contributed by atoms with E-state index < -0.39 is 5.54 Å². The predicted molar refractivity (Wildman–Crippen MR) is 83.2 cm³/mol. The predicted octanol–water partition coefficient (Wildman–Crippen LogP) is 1.21. The second-order valence-electron chi connectivity index (χ2n) is 7.89. The van der Waals surface area contributed by atoms with Crippen LogP contribution in [0.4, 0.5) is 0 Å². The Kier molecular flexibility index (Phi) is 3.68. The van der Waals surface area contributed by atoms with Gasteiger partial charge in [-0.25, -0.2) is 0 Å². The molecule has 1 N–H and O–H groups in total. The van der Waals surface area contributed by atoms with Crippen LogP contribution < -0.4 is 5.32 Å². The number of nitrogens with one attached hydrogen (secondary N) is 1. The van der Waals surface area contributed by atoms with E-state index in [9.17, 15) is 9.59 Å². The summed E-state index contributed by atoms with van der Waals surface area (Å²) < 4.78 is 5.43. The lowest BCUT2D eigenvalue weighted by molar-refractivity contribution is -0.177. The van der Waals surface area contributed by atoms with Crippen LogP contribution in [0.1, 0.15) is 46.5 Å². The van der Waals surface area contributed by atoms with Gasteiger partial charge in [-0.3, -0.25) is 14.9 Å². The number of hydrogen-bond acceptors (Lipinski definition) is 5. The molecule has 3 unspecified atom stereocenters. The summed E-state index contributed by atoms with van der Waals surface area (Å²) in [6.07, 6.45) is 3.18. The smallest absolute Gasteiger partial charge is 0.326 e. The number of hydrogen-bond donors (Lipinski definition) is 1. The number of rotatable bonds is 3. The maximum atomic E-state index is 12.5. The Hall–Kier alpha value is -1.61. The zero-order chi connectivity index (χ0) is 16.9. The lowest BCUT2D eigenvalue weighted by Gasteiger charge is -2.51. The molecule has 1 amide bonds. The number of fused-ring (bicyclic) bond motifs is 2. The third kappa shape index (κ3) is 2.09. The normalized spacial score (nSPS) is 38.3. The maximum Gasteiger partial charge on any atom is 0.326 e. The largest absolute Gasteiger partial charge is 0.464 e. The highest BCUT2D eigenvalue weighted by Crippen LogP contribution is 2.60. The van der Waals surface area contributed by atoms with E-state index in [0.717, 1.165) is 19.3 Å². The van der Waals surface area contributed by atoms with Gasteiger partial charge in [0, 0.05) is 17.4 Å². The Morgan fingerprint density at radius 3 is 2.87 bits per heavy atom. The summed E-state index contributed by atoms with van der Waals surface area (Å²) in [6.45, 7) is 7.47. The molecule has 3 rings (SSSR count). The minimum Gasteiger partial charge on any atom is -0.464 e. The fourth-order valence-corrected chi connectivity index (χ4v) is 4.47. The van der Waals surface area contributed by atoms with Crippen LogP contribution in [-0.4, -0.2) is 48.1 Å². The van der Waals surface area contributed by atoms with Gasteiger partial charge >= 0.3 is 5.97 Å². The molecule has 0 spiro atoms. The summed E-state index contributed by atoms with van der Waals surface area (Å²) in [5.74, 6) is -0.352. The SMILES string of the molecule is CC12CCC(NCC(=O)N3CCCC3C#N)(C(=O)OC1)C2(C)C. The average Bonchev–Trinajstić information content (AvgIpc) is 3.02. The van der Waals surface area contributed by atoms with Crippen molar-refractivity contribution >= 4 is 11.9 Å². The van der Waals surface area contributed by atoms with Crippen LogP contribution in [0.15, 0.2) is 0 Å². The third-order valence-electron chi connectivity index (χ3n) is 6.76. The van der Waals surface area contributed by atoms with E-state index in [2.05, 4.69) is 32.2 Å². The van der Waals surface area contributed by atoms with Crippen molar-refractivity contribution in [2.24, 2.45) is 10.8 Å². The molecule has 6 nitrogen and oxygen atoms in total. The van der Waals surface area contributed by atoms with E-state index in [-0.39, 0.29) is 35.3 Å². The first-order chi connectivity index (χ1) is 10.8. The first-order valence-electron chi connectivity index (χ1n) is 8.39. The number of nitrogens with zero attached hydrogens (tertiary/aromatic N) is 2. The van der Waals surface area contributed by atoms with Crippen LogP contribution in [-0.2, 0) is 14.3 Å². The van der Waals surface area contributed by atoms with Crippen LogP contribution in [0.3, 0.4) is 0 Å². The topological polar surface area (TPSA) is 82.4 Å². The van der Waals surface area contributed by atoms with Gasteiger partial charge in [0.05, 0.1) is 19.2 Å². The Morgan fingerprint density at radius 2 is 2.17 bits per heavy atom. The number of carbonyl (C=O) groups is 2. The summed E-state index contributed by atoms with van der Waals surface area (Å²) >= 11 is 0. The molecule has 23 heavy (non-hydrogen) atoms. The molecule has 2 aliphatic heterocycles. The van der Waals surface area contributed by atoms with E-state index in [0.29, 0.717) is 19.6 Å². The molecule has 1 saturated carbocycles. The molecule has 3 atom stereocenters. The molecule has 0 aromatic carbocycles. The molecule has 2 heterocycles. The number of likely N-dealkylation sites (tertiary alicyclic amines) is 1. The molecule has 126 valence electrons. The lowest BCUT2D eigenvalue weighted by Crippen LogP contribution is -2.67. The van der Waals surface area contributed by atoms with Crippen molar-refractivity contribution in [1.29, 1.82) is 5.26 Å². The van der Waals surface area contributed by atoms with Crippen LogP contribution in [0, 0.1) is 22.2 Å². The van der Waals surface area contributed by atoms with Gasteiger partial charge in [-0.15, -0.1) is 0 Å². The molecular formula is C17H25N3O3. The molecule has 6 heteroatoms. The van der Waals surface area contributed by atoms with Crippen LogP contribution in [0.2, 0.25) is 0 Å². The van der Waals surface area contributed by atoms with Gasteiger partial charge in [0.2, 0.25) is 5.91 Å². The molecule has 2 bridgehead atoms. The summed E-state index contributed by atoms with van der Waals surface area (Å²) in [5, 5.41) is 12.4. The quantitative estimate of drug-likeness (QED) is 0.791. The lowest BCUT2D eigenvalue weighted by atomic mass is 9.61. The van der Waals surface area contributed by atoms with Gasteiger partial charge in [-0.1, -0.05) is 20.8 Å². The van der Waals surface area contributed by atoms with Crippen molar-refractivity contribution in [1.82, 2.24) is 10.2 Å². The Bertz CT molecular complexity index is 582. The van der Waals surface area contributed by atoms with E-state index in [1.807, 2.05) is 0 Å². The third-order valence-corrected chi connectivity index (χ3v) is 6.76. The monoisotopic (exact) mass is 319 g/mol. The molecule has 0 aromatic heterocycles. The minimum atomic E-state index is -0.808. The second-order valence-corrected chi connectivity index (χ2v) is 7.89. The van der Waals surface area contributed by atoms with Gasteiger partial charge < -0.3 is 9.64 Å². The Morgan fingerprint density at radius 1 is 1.43 bits per heavy atom. The molecule has 3 aliphatic rings. The standard InChI is InChI=1S/C17H25N3O3/c1-15(2)16(3)6-7-17(15,14(22)23-11-16)19-10-13(21)20-8-4-5-12(20)9-18/h12,19H,4-8,10-11H2,1-3H3. The molecule has 2 saturated heterocycles. The highest BCUT2D eigenvalue weighted by atomic mass is 16.5. The number of amides is 1. The van der Waals surface area contributed by atoms with Gasteiger partial charge in [-0.05, 0) is 25.7 Å². The van der Waals surface area contributed by atoms with Crippen molar-refractivity contribution < 1.29 is 14.3 Å². The van der Waals surface area contributed by atoms with Gasteiger partial charge in [0.25, 0.3) is 0 Å². The number of carbonyl (C=O) groups excluding carboxylic acids is 2. The summed E-state index contributed by atoms with van der Waals surface area (Å²) in [6, 6.07) is 1.85. The minimum absolute atomic E-state index is 0.0697. The van der Waals surface area contributed by atoms with Crippen molar-refractivity contribution in [3.63, 3.8) is 0 Å². The van der Waals surface area contributed by atoms with E-state index >= 15 is 0 Å². The average molecular weight is 319 g/mol. The highest BCUT2D eigenvalue weighted by Gasteiger charge is 2.68. The van der Waals surface area contributed by atoms with E-state index in [1.165, 1.54) is 0 Å². The maximum absolute atomic E-state index is 12.5. The number of nitriles is 1. The fraction of sp³-hybridized carbons (Fsp3) is 0.824. The molecular weight excluding hydrogens is 294 g/mol. The summed E-state index contributed by atoms with van der Waals surface area (Å²) in [5.41, 5.74) is -1.16. The molecule has 0 aromatic rings. The van der Waals surface area contributed by atoms with Gasteiger partial charge in [0.15, 0.2) is 0 Å². The van der Waals surface area contributed by atoms with Crippen molar-refractivity contribution in [2.75, 3.05) is 19.7 Å².